The Balaban J connectivity index is 2.00. The fourth-order valence-corrected chi connectivity index (χ4v) is 4.05. The van der Waals surface area contributed by atoms with Gasteiger partial charge in [-0.05, 0) is 62.0 Å². The second kappa shape index (κ2) is 11.0. The molecule has 0 bridgehead atoms. The van der Waals surface area contributed by atoms with Crippen LogP contribution in [0, 0.1) is 0 Å². The van der Waals surface area contributed by atoms with Crippen LogP contribution >= 0.6 is 11.3 Å². The van der Waals surface area contributed by atoms with E-state index in [2.05, 4.69) is 10.6 Å². The number of ether oxygens (including phenoxy) is 1. The second-order valence-electron chi connectivity index (χ2n) is 8.67. The molecule has 1 aromatic heterocycles. The van der Waals surface area contributed by atoms with E-state index >= 15 is 0 Å². The fraction of sp³-hybridized carbons (Fsp3) is 0.269. The summed E-state index contributed by atoms with van der Waals surface area (Å²) in [5.41, 5.74) is 0.652. The Kier molecular flexibility index (Phi) is 8.07. The third kappa shape index (κ3) is 6.45. The van der Waals surface area contributed by atoms with Crippen molar-refractivity contribution in [3.8, 4) is 5.75 Å². The van der Waals surface area contributed by atoms with Crippen molar-refractivity contribution in [2.45, 2.75) is 32.4 Å². The van der Waals surface area contributed by atoms with E-state index in [4.69, 9.17) is 4.74 Å². The average Bonchev–Trinajstić information content (AvgIpc) is 3.35. The van der Waals surface area contributed by atoms with E-state index in [0.29, 0.717) is 21.9 Å². The summed E-state index contributed by atoms with van der Waals surface area (Å²) in [5, 5.41) is 7.46. The summed E-state index contributed by atoms with van der Waals surface area (Å²) < 4.78 is 5.25. The highest BCUT2D eigenvalue weighted by atomic mass is 32.1. The first-order valence-electron chi connectivity index (χ1n) is 10.8. The zero-order valence-corrected chi connectivity index (χ0v) is 20.5. The molecule has 8 heteroatoms. The van der Waals surface area contributed by atoms with Gasteiger partial charge < -0.3 is 15.4 Å². The van der Waals surface area contributed by atoms with Gasteiger partial charge in [-0.25, -0.2) is 0 Å². The lowest BCUT2D eigenvalue weighted by Crippen LogP contribution is -2.51. The highest BCUT2D eigenvalue weighted by molar-refractivity contribution is 7.12. The molecule has 3 rings (SSSR count). The van der Waals surface area contributed by atoms with E-state index < -0.39 is 17.5 Å². The number of anilines is 1. The third-order valence-corrected chi connectivity index (χ3v) is 5.75. The molecule has 1 heterocycles. The van der Waals surface area contributed by atoms with Gasteiger partial charge in [0, 0.05) is 11.2 Å². The number of hydrogen-bond donors (Lipinski definition) is 2. The lowest BCUT2D eigenvalue weighted by molar-refractivity contribution is -0.127. The predicted octanol–water partition coefficient (Wildman–Crippen LogP) is 4.18. The minimum absolute atomic E-state index is 0.269. The maximum atomic E-state index is 13.6. The summed E-state index contributed by atoms with van der Waals surface area (Å²) in [6.07, 6.45) is 0. The van der Waals surface area contributed by atoms with Crippen LogP contribution < -0.4 is 20.3 Å². The van der Waals surface area contributed by atoms with Crippen molar-refractivity contribution < 1.29 is 19.1 Å². The molecule has 1 atom stereocenters. The molecule has 7 nitrogen and oxygen atoms in total. The van der Waals surface area contributed by atoms with Crippen molar-refractivity contribution in [1.29, 1.82) is 0 Å². The summed E-state index contributed by atoms with van der Waals surface area (Å²) in [6.45, 7) is 5.38. The normalized spacial score (nSPS) is 11.9. The van der Waals surface area contributed by atoms with Crippen molar-refractivity contribution in [2.75, 3.05) is 18.6 Å². The van der Waals surface area contributed by atoms with Gasteiger partial charge in [-0.1, -0.05) is 36.4 Å². The molecule has 34 heavy (non-hydrogen) atoms. The molecule has 0 aliphatic heterocycles. The van der Waals surface area contributed by atoms with Crippen molar-refractivity contribution in [1.82, 2.24) is 10.6 Å². The van der Waals surface area contributed by atoms with Crippen LogP contribution in [0.3, 0.4) is 0 Å². The van der Waals surface area contributed by atoms with Gasteiger partial charge in [0.25, 0.3) is 5.91 Å². The number of carbonyl (C=O) groups excluding carboxylic acids is 3. The van der Waals surface area contributed by atoms with Gasteiger partial charge in [0.2, 0.25) is 11.8 Å². The minimum atomic E-state index is -0.944. The maximum absolute atomic E-state index is 13.6. The second-order valence-corrected chi connectivity index (χ2v) is 9.62. The first-order valence-corrected chi connectivity index (χ1v) is 11.7. The van der Waals surface area contributed by atoms with Crippen molar-refractivity contribution in [2.24, 2.45) is 0 Å². The summed E-state index contributed by atoms with van der Waals surface area (Å²) in [7, 11) is 1.56. The van der Waals surface area contributed by atoms with E-state index in [1.165, 1.54) is 16.2 Å². The summed E-state index contributed by atoms with van der Waals surface area (Å²) in [5.74, 6) is -0.466. The number of methoxy groups -OCH3 is 1. The smallest absolute Gasteiger partial charge is 0.261 e. The Hall–Kier alpha value is -3.65. The average molecular weight is 480 g/mol. The number of hydrogen-bond acceptors (Lipinski definition) is 5. The number of amides is 3. The molecule has 0 aliphatic rings. The van der Waals surface area contributed by atoms with Gasteiger partial charge >= 0.3 is 0 Å². The van der Waals surface area contributed by atoms with Gasteiger partial charge in [0.1, 0.15) is 11.8 Å². The third-order valence-electron chi connectivity index (χ3n) is 4.88. The van der Waals surface area contributed by atoms with E-state index in [-0.39, 0.29) is 18.4 Å². The van der Waals surface area contributed by atoms with Gasteiger partial charge in [-0.15, -0.1) is 11.3 Å². The monoisotopic (exact) mass is 479 g/mol. The van der Waals surface area contributed by atoms with Crippen molar-refractivity contribution >= 4 is 34.7 Å². The van der Waals surface area contributed by atoms with Gasteiger partial charge in [0.15, 0.2) is 0 Å². The van der Waals surface area contributed by atoms with Crippen LogP contribution in [0.2, 0.25) is 0 Å². The SMILES string of the molecule is COc1ccc(N(C(=O)CNC(=O)c2cccs2)[C@@H](C(=O)NC(C)(C)C)c2ccccc2)cc1. The summed E-state index contributed by atoms with van der Waals surface area (Å²) >= 11 is 1.29. The molecule has 0 unspecified atom stereocenters. The zero-order valence-electron chi connectivity index (χ0n) is 19.7. The molecular formula is C26H29N3O4S. The number of nitrogens with one attached hydrogen (secondary N) is 2. The van der Waals surface area contributed by atoms with E-state index in [9.17, 15) is 14.4 Å². The maximum Gasteiger partial charge on any atom is 0.261 e. The van der Waals surface area contributed by atoms with Crippen LogP contribution in [-0.4, -0.2) is 36.9 Å². The van der Waals surface area contributed by atoms with Crippen LogP contribution in [0.1, 0.15) is 42.0 Å². The molecule has 0 spiro atoms. The van der Waals surface area contributed by atoms with Gasteiger partial charge in [-0.2, -0.15) is 0 Å². The quantitative estimate of drug-likeness (QED) is 0.508. The Morgan fingerprint density at radius 2 is 1.65 bits per heavy atom. The van der Waals surface area contributed by atoms with E-state index in [1.54, 1.807) is 61.0 Å². The molecule has 2 N–H and O–H groups in total. The lowest BCUT2D eigenvalue weighted by atomic mass is 10.0. The molecule has 3 aromatic rings. The van der Waals surface area contributed by atoms with Crippen LogP contribution in [0.15, 0.2) is 72.1 Å². The topological polar surface area (TPSA) is 87.7 Å². The van der Waals surface area contributed by atoms with Crippen LogP contribution in [0.25, 0.3) is 0 Å². The molecule has 0 radical (unpaired) electrons. The van der Waals surface area contributed by atoms with Gasteiger partial charge in [0.05, 0.1) is 18.5 Å². The molecule has 2 aromatic carbocycles. The largest absolute Gasteiger partial charge is 0.497 e. The Bertz CT molecular complexity index is 1110. The highest BCUT2D eigenvalue weighted by Gasteiger charge is 2.34. The van der Waals surface area contributed by atoms with Crippen molar-refractivity contribution in [3.05, 3.63) is 82.6 Å². The molecule has 0 saturated carbocycles. The molecule has 0 saturated heterocycles. The molecule has 0 aliphatic carbocycles. The van der Waals surface area contributed by atoms with Crippen molar-refractivity contribution in [3.63, 3.8) is 0 Å². The Labute approximate surface area is 203 Å². The van der Waals surface area contributed by atoms with Gasteiger partial charge in [-0.3, -0.25) is 19.3 Å². The molecule has 3 amide bonds. The predicted molar refractivity (Wildman–Crippen MR) is 134 cm³/mol. The minimum Gasteiger partial charge on any atom is -0.497 e. The summed E-state index contributed by atoms with van der Waals surface area (Å²) in [4.78, 5) is 41.4. The summed E-state index contributed by atoms with van der Waals surface area (Å²) in [6, 6.07) is 18.5. The molecule has 178 valence electrons. The number of benzene rings is 2. The molecular weight excluding hydrogens is 450 g/mol. The first-order chi connectivity index (χ1) is 16.2. The first kappa shape index (κ1) is 25.0. The number of rotatable bonds is 8. The Morgan fingerprint density at radius 3 is 2.21 bits per heavy atom. The number of carbonyl (C=O) groups is 3. The lowest BCUT2D eigenvalue weighted by Gasteiger charge is -2.34. The molecule has 0 fully saturated rings. The zero-order chi connectivity index (χ0) is 24.7. The van der Waals surface area contributed by atoms with Crippen LogP contribution in [0.4, 0.5) is 5.69 Å². The number of thiophene rings is 1. The highest BCUT2D eigenvalue weighted by Crippen LogP contribution is 2.30. The van der Waals surface area contributed by atoms with E-state index in [1.807, 2.05) is 39.0 Å². The van der Waals surface area contributed by atoms with E-state index in [0.717, 1.165) is 0 Å². The fourth-order valence-electron chi connectivity index (χ4n) is 3.41. The Morgan fingerprint density at radius 1 is 0.971 bits per heavy atom. The van der Waals surface area contributed by atoms with Crippen LogP contribution in [0.5, 0.6) is 5.75 Å². The number of nitrogens with zero attached hydrogens (tertiary/aromatic N) is 1. The van der Waals surface area contributed by atoms with Crippen LogP contribution in [-0.2, 0) is 9.59 Å². The standard InChI is InChI=1S/C26H29N3O4S/c1-26(2,3)28-25(32)23(18-9-6-5-7-10-18)29(19-12-14-20(33-4)15-13-19)22(30)17-27-24(31)21-11-8-16-34-21/h5-16,23H,17H2,1-4H3,(H,27,31)(H,28,32)/t23-/m1/s1.